The third-order valence-corrected chi connectivity index (χ3v) is 4.12. The first kappa shape index (κ1) is 15.8. The van der Waals surface area contributed by atoms with Gasteiger partial charge in [-0.3, -0.25) is 4.79 Å². The Morgan fingerprint density at radius 1 is 1.33 bits per heavy atom. The minimum absolute atomic E-state index is 0.0851. The zero-order chi connectivity index (χ0) is 15.1. The summed E-state index contributed by atoms with van der Waals surface area (Å²) in [5, 5.41) is 15.3. The van der Waals surface area contributed by atoms with E-state index in [-0.39, 0.29) is 19.1 Å². The summed E-state index contributed by atoms with van der Waals surface area (Å²) in [5.41, 5.74) is 0.681. The number of aliphatic hydroxyl groups is 1. The van der Waals surface area contributed by atoms with Crippen LogP contribution >= 0.6 is 0 Å². The number of anilines is 1. The second-order valence-electron chi connectivity index (χ2n) is 5.51. The van der Waals surface area contributed by atoms with Gasteiger partial charge in [-0.25, -0.2) is 0 Å². The predicted octanol–water partition coefficient (Wildman–Crippen LogP) is 1.63. The van der Waals surface area contributed by atoms with Crippen LogP contribution in [0.4, 0.5) is 5.69 Å². The summed E-state index contributed by atoms with van der Waals surface area (Å²) in [6, 6.07) is 7.35. The first-order valence-electron chi connectivity index (χ1n) is 7.49. The van der Waals surface area contributed by atoms with E-state index in [1.807, 2.05) is 24.3 Å². The molecule has 2 rings (SSSR count). The Morgan fingerprint density at radius 3 is 2.86 bits per heavy atom. The largest absolute Gasteiger partial charge is 0.495 e. The van der Waals surface area contributed by atoms with Crippen molar-refractivity contribution in [3.05, 3.63) is 24.3 Å². The molecule has 0 saturated heterocycles. The van der Waals surface area contributed by atoms with Crippen molar-refractivity contribution < 1.29 is 14.6 Å². The summed E-state index contributed by atoms with van der Waals surface area (Å²) in [7, 11) is 1.58. The Labute approximate surface area is 125 Å². The summed E-state index contributed by atoms with van der Waals surface area (Å²) in [6.07, 6.45) is 3.40. The molecule has 0 aliphatic heterocycles. The average molecular weight is 292 g/mol. The lowest BCUT2D eigenvalue weighted by atomic mass is 9.97. The molecule has 0 radical (unpaired) electrons. The van der Waals surface area contributed by atoms with Crippen LogP contribution in [0.25, 0.3) is 0 Å². The smallest absolute Gasteiger partial charge is 0.238 e. The lowest BCUT2D eigenvalue weighted by molar-refractivity contribution is -0.115. The fourth-order valence-electron chi connectivity index (χ4n) is 2.94. The molecule has 0 spiro atoms. The maximum atomic E-state index is 11.9. The van der Waals surface area contributed by atoms with Crippen LogP contribution < -0.4 is 15.4 Å². The summed E-state index contributed by atoms with van der Waals surface area (Å²) < 4.78 is 5.20. The normalized spacial score (nSPS) is 21.2. The van der Waals surface area contributed by atoms with E-state index in [1.54, 1.807) is 7.11 Å². The first-order valence-corrected chi connectivity index (χ1v) is 7.49. The van der Waals surface area contributed by atoms with Crippen molar-refractivity contribution >= 4 is 11.6 Å². The number of carbonyl (C=O) groups is 1. The highest BCUT2D eigenvalue weighted by atomic mass is 16.5. The molecule has 116 valence electrons. The van der Waals surface area contributed by atoms with Crippen molar-refractivity contribution in [2.24, 2.45) is 11.8 Å². The van der Waals surface area contributed by atoms with E-state index < -0.39 is 0 Å². The van der Waals surface area contributed by atoms with Crippen LogP contribution in [0.15, 0.2) is 24.3 Å². The van der Waals surface area contributed by atoms with Gasteiger partial charge in [0.1, 0.15) is 5.75 Å². The van der Waals surface area contributed by atoms with E-state index in [9.17, 15) is 9.90 Å². The van der Waals surface area contributed by atoms with Crippen LogP contribution in [-0.4, -0.2) is 37.8 Å². The fraction of sp³-hybridized carbons (Fsp3) is 0.562. The highest BCUT2D eigenvalue weighted by Gasteiger charge is 2.26. The van der Waals surface area contributed by atoms with Gasteiger partial charge in [-0.05, 0) is 43.4 Å². The minimum atomic E-state index is -0.0851. The van der Waals surface area contributed by atoms with Crippen LogP contribution in [0, 0.1) is 11.8 Å². The molecule has 2 unspecified atom stereocenters. The molecule has 5 heteroatoms. The quantitative estimate of drug-likeness (QED) is 0.714. The monoisotopic (exact) mass is 292 g/mol. The van der Waals surface area contributed by atoms with E-state index in [0.717, 1.165) is 19.4 Å². The molecule has 0 aromatic heterocycles. The Balaban J connectivity index is 1.75. The standard InChI is InChI=1S/C16H24N2O3/c1-21-15-8-3-2-7-14(15)18-16(20)10-17-9-12-5-4-6-13(12)11-19/h2-3,7-8,12-13,17,19H,4-6,9-11H2,1H3,(H,18,20). The molecule has 3 N–H and O–H groups in total. The van der Waals surface area contributed by atoms with Gasteiger partial charge in [0.05, 0.1) is 19.3 Å². The summed E-state index contributed by atoms with van der Waals surface area (Å²) in [5.74, 6) is 1.43. The van der Waals surface area contributed by atoms with Gasteiger partial charge in [0, 0.05) is 6.61 Å². The third kappa shape index (κ3) is 4.44. The number of methoxy groups -OCH3 is 1. The van der Waals surface area contributed by atoms with Crippen LogP contribution in [0.3, 0.4) is 0 Å². The van der Waals surface area contributed by atoms with E-state index >= 15 is 0 Å². The molecule has 5 nitrogen and oxygen atoms in total. The van der Waals surface area contributed by atoms with Gasteiger partial charge in [0.25, 0.3) is 0 Å². The maximum absolute atomic E-state index is 11.9. The molecule has 0 bridgehead atoms. The van der Waals surface area contributed by atoms with Gasteiger partial charge in [0.2, 0.25) is 5.91 Å². The molecule has 1 aliphatic rings. The van der Waals surface area contributed by atoms with Crippen molar-refractivity contribution in [3.63, 3.8) is 0 Å². The second-order valence-corrected chi connectivity index (χ2v) is 5.51. The van der Waals surface area contributed by atoms with Crippen LogP contribution in [0.1, 0.15) is 19.3 Å². The van der Waals surface area contributed by atoms with E-state index in [4.69, 9.17) is 4.74 Å². The van der Waals surface area contributed by atoms with Crippen molar-refractivity contribution in [1.82, 2.24) is 5.32 Å². The molecule has 1 amide bonds. The highest BCUT2D eigenvalue weighted by molar-refractivity contribution is 5.93. The molecule has 1 saturated carbocycles. The number of benzene rings is 1. The number of rotatable bonds is 7. The predicted molar refractivity (Wildman–Crippen MR) is 82.4 cm³/mol. The van der Waals surface area contributed by atoms with Crippen LogP contribution in [-0.2, 0) is 4.79 Å². The van der Waals surface area contributed by atoms with Gasteiger partial charge in [-0.1, -0.05) is 18.6 Å². The molecule has 21 heavy (non-hydrogen) atoms. The number of carbonyl (C=O) groups excluding carboxylic acids is 1. The average Bonchev–Trinajstić information content (AvgIpc) is 2.95. The van der Waals surface area contributed by atoms with Crippen molar-refractivity contribution in [2.45, 2.75) is 19.3 Å². The molecular formula is C16H24N2O3. The topological polar surface area (TPSA) is 70.6 Å². The van der Waals surface area contributed by atoms with Gasteiger partial charge >= 0.3 is 0 Å². The first-order chi connectivity index (χ1) is 10.2. The van der Waals surface area contributed by atoms with Crippen LogP contribution in [0.5, 0.6) is 5.75 Å². The minimum Gasteiger partial charge on any atom is -0.495 e. The Bertz CT molecular complexity index is 465. The van der Waals surface area contributed by atoms with Gasteiger partial charge in [-0.2, -0.15) is 0 Å². The number of aliphatic hydroxyl groups excluding tert-OH is 1. The molecule has 1 fully saturated rings. The SMILES string of the molecule is COc1ccccc1NC(=O)CNCC1CCCC1CO. The van der Waals surface area contributed by atoms with Crippen LogP contribution in [0.2, 0.25) is 0 Å². The Morgan fingerprint density at radius 2 is 2.10 bits per heavy atom. The summed E-state index contributed by atoms with van der Waals surface area (Å²) in [4.78, 5) is 11.9. The number of amides is 1. The second kappa shape index (κ2) is 8.00. The molecular weight excluding hydrogens is 268 g/mol. The lowest BCUT2D eigenvalue weighted by Gasteiger charge is -2.17. The van der Waals surface area contributed by atoms with E-state index in [2.05, 4.69) is 10.6 Å². The molecule has 1 aromatic carbocycles. The Hall–Kier alpha value is -1.59. The van der Waals surface area contributed by atoms with E-state index in [1.165, 1.54) is 6.42 Å². The zero-order valence-electron chi connectivity index (χ0n) is 12.5. The number of hydrogen-bond acceptors (Lipinski definition) is 4. The molecule has 1 aromatic rings. The lowest BCUT2D eigenvalue weighted by Crippen LogP contribution is -2.33. The van der Waals surface area contributed by atoms with Crippen molar-refractivity contribution in [3.8, 4) is 5.75 Å². The Kier molecular flexibility index (Phi) is 6.02. The summed E-state index contributed by atoms with van der Waals surface area (Å²) >= 11 is 0. The molecule has 2 atom stereocenters. The molecule has 0 heterocycles. The number of nitrogens with one attached hydrogen (secondary N) is 2. The van der Waals surface area contributed by atoms with Gasteiger partial charge in [0.15, 0.2) is 0 Å². The third-order valence-electron chi connectivity index (χ3n) is 4.12. The molecule has 1 aliphatic carbocycles. The fourth-order valence-corrected chi connectivity index (χ4v) is 2.94. The highest BCUT2D eigenvalue weighted by Crippen LogP contribution is 2.30. The number of ether oxygens (including phenoxy) is 1. The van der Waals surface area contributed by atoms with E-state index in [0.29, 0.717) is 23.3 Å². The number of hydrogen-bond donors (Lipinski definition) is 3. The maximum Gasteiger partial charge on any atom is 0.238 e. The number of para-hydroxylation sites is 2. The zero-order valence-corrected chi connectivity index (χ0v) is 12.5. The van der Waals surface area contributed by atoms with Crippen molar-refractivity contribution in [2.75, 3.05) is 32.1 Å². The van der Waals surface area contributed by atoms with Gasteiger partial charge < -0.3 is 20.5 Å². The van der Waals surface area contributed by atoms with Gasteiger partial charge in [-0.15, -0.1) is 0 Å². The van der Waals surface area contributed by atoms with Crippen molar-refractivity contribution in [1.29, 1.82) is 0 Å². The summed E-state index contributed by atoms with van der Waals surface area (Å²) in [6.45, 7) is 1.30.